The number of aliphatic hydroxyl groups is 1. The zero-order valence-electron chi connectivity index (χ0n) is 15.5. The molecule has 1 aromatic rings. The molecular formula is C18H28N2O5. The van der Waals surface area contributed by atoms with Gasteiger partial charge < -0.3 is 25.2 Å². The van der Waals surface area contributed by atoms with E-state index < -0.39 is 23.6 Å². The molecule has 0 spiro atoms. The maximum atomic E-state index is 12.4. The second-order valence-corrected chi connectivity index (χ2v) is 6.72. The third kappa shape index (κ3) is 7.43. The number of methoxy groups -OCH3 is 1. The SMILES string of the molecule is COc1cccc(C(C)NC(=O)C(CCO)NC(=O)OC(C)(C)C)c1. The zero-order valence-corrected chi connectivity index (χ0v) is 15.5. The average molecular weight is 352 g/mol. The highest BCUT2D eigenvalue weighted by atomic mass is 16.6. The van der Waals surface area contributed by atoms with Gasteiger partial charge >= 0.3 is 6.09 Å². The van der Waals surface area contributed by atoms with Gasteiger partial charge in [-0.05, 0) is 51.8 Å². The second-order valence-electron chi connectivity index (χ2n) is 6.72. The molecule has 0 aromatic heterocycles. The van der Waals surface area contributed by atoms with Crippen LogP contribution in [0.5, 0.6) is 5.75 Å². The van der Waals surface area contributed by atoms with Crippen LogP contribution in [0, 0.1) is 0 Å². The fourth-order valence-corrected chi connectivity index (χ4v) is 2.16. The van der Waals surface area contributed by atoms with Crippen molar-refractivity contribution in [3.63, 3.8) is 0 Å². The average Bonchev–Trinajstić information content (AvgIpc) is 2.52. The molecular weight excluding hydrogens is 324 g/mol. The minimum absolute atomic E-state index is 0.0932. The first-order valence-corrected chi connectivity index (χ1v) is 8.21. The van der Waals surface area contributed by atoms with E-state index in [1.807, 2.05) is 31.2 Å². The summed E-state index contributed by atoms with van der Waals surface area (Å²) < 4.78 is 10.3. The first kappa shape index (κ1) is 20.8. The minimum atomic E-state index is -0.882. The summed E-state index contributed by atoms with van der Waals surface area (Å²) in [4.78, 5) is 24.3. The quantitative estimate of drug-likeness (QED) is 0.699. The van der Waals surface area contributed by atoms with E-state index in [0.29, 0.717) is 5.75 Å². The first-order valence-electron chi connectivity index (χ1n) is 8.21. The molecule has 0 heterocycles. The highest BCUT2D eigenvalue weighted by molar-refractivity contribution is 5.86. The van der Waals surface area contributed by atoms with Gasteiger partial charge in [0.2, 0.25) is 5.91 Å². The number of hydrogen-bond donors (Lipinski definition) is 3. The lowest BCUT2D eigenvalue weighted by atomic mass is 10.1. The van der Waals surface area contributed by atoms with E-state index in [4.69, 9.17) is 14.6 Å². The highest BCUT2D eigenvalue weighted by Gasteiger charge is 2.25. The molecule has 0 radical (unpaired) electrons. The summed E-state index contributed by atoms with van der Waals surface area (Å²) in [7, 11) is 1.57. The molecule has 1 aromatic carbocycles. The van der Waals surface area contributed by atoms with Crippen molar-refractivity contribution in [2.75, 3.05) is 13.7 Å². The van der Waals surface area contributed by atoms with Crippen LogP contribution >= 0.6 is 0 Å². The van der Waals surface area contributed by atoms with E-state index in [9.17, 15) is 9.59 Å². The zero-order chi connectivity index (χ0) is 19.0. The molecule has 1 rings (SSSR count). The number of amides is 2. The van der Waals surface area contributed by atoms with E-state index in [2.05, 4.69) is 10.6 Å². The number of hydrogen-bond acceptors (Lipinski definition) is 5. The molecule has 0 fully saturated rings. The molecule has 0 saturated carbocycles. The molecule has 140 valence electrons. The number of alkyl carbamates (subject to hydrolysis) is 1. The largest absolute Gasteiger partial charge is 0.497 e. The van der Waals surface area contributed by atoms with Crippen molar-refractivity contribution >= 4 is 12.0 Å². The van der Waals surface area contributed by atoms with E-state index in [1.54, 1.807) is 27.9 Å². The van der Waals surface area contributed by atoms with Crippen LogP contribution in [-0.4, -0.2) is 42.5 Å². The summed E-state index contributed by atoms with van der Waals surface area (Å²) in [6, 6.07) is 6.18. The predicted octanol–water partition coefficient (Wildman–Crippen LogP) is 2.15. The topological polar surface area (TPSA) is 96.9 Å². The maximum absolute atomic E-state index is 12.4. The monoisotopic (exact) mass is 352 g/mol. The number of nitrogens with one attached hydrogen (secondary N) is 2. The van der Waals surface area contributed by atoms with Gasteiger partial charge in [0.1, 0.15) is 17.4 Å². The fourth-order valence-electron chi connectivity index (χ4n) is 2.16. The van der Waals surface area contributed by atoms with Gasteiger partial charge in [-0.3, -0.25) is 4.79 Å². The third-order valence-corrected chi connectivity index (χ3v) is 3.38. The van der Waals surface area contributed by atoms with Crippen LogP contribution in [0.3, 0.4) is 0 Å². The standard InChI is InChI=1S/C18H28N2O5/c1-12(13-7-6-8-14(11-13)24-5)19-16(22)15(9-10-21)20-17(23)25-18(2,3)4/h6-8,11-12,15,21H,9-10H2,1-5H3,(H,19,22)(H,20,23). The van der Waals surface area contributed by atoms with Gasteiger partial charge in [0.25, 0.3) is 0 Å². The van der Waals surface area contributed by atoms with Crippen LogP contribution in [-0.2, 0) is 9.53 Å². The Kier molecular flexibility index (Phi) is 7.70. The summed E-state index contributed by atoms with van der Waals surface area (Å²) in [6.45, 7) is 6.80. The molecule has 2 atom stereocenters. The van der Waals surface area contributed by atoms with Crippen LogP contribution in [0.25, 0.3) is 0 Å². The van der Waals surface area contributed by atoms with E-state index in [-0.39, 0.29) is 19.1 Å². The van der Waals surface area contributed by atoms with E-state index in [1.165, 1.54) is 0 Å². The summed E-state index contributed by atoms with van der Waals surface area (Å²) in [6.07, 6.45) is -0.606. The van der Waals surface area contributed by atoms with Gasteiger partial charge in [-0.25, -0.2) is 4.79 Å². The molecule has 0 aliphatic rings. The van der Waals surface area contributed by atoms with Crippen LogP contribution in [0.4, 0.5) is 4.79 Å². The Bertz CT molecular complexity index is 583. The van der Waals surface area contributed by atoms with Crippen molar-refractivity contribution < 1.29 is 24.2 Å². The normalized spacial score (nSPS) is 13.5. The van der Waals surface area contributed by atoms with Crippen LogP contribution < -0.4 is 15.4 Å². The van der Waals surface area contributed by atoms with Gasteiger partial charge in [-0.1, -0.05) is 12.1 Å². The third-order valence-electron chi connectivity index (χ3n) is 3.38. The van der Waals surface area contributed by atoms with Gasteiger partial charge in [-0.2, -0.15) is 0 Å². The number of aliphatic hydroxyl groups excluding tert-OH is 1. The van der Waals surface area contributed by atoms with Crippen LogP contribution in [0.1, 0.15) is 45.7 Å². The Morgan fingerprint density at radius 2 is 1.92 bits per heavy atom. The van der Waals surface area contributed by atoms with Gasteiger partial charge in [0.05, 0.1) is 13.2 Å². The Labute approximate surface area is 148 Å². The van der Waals surface area contributed by atoms with Gasteiger partial charge in [-0.15, -0.1) is 0 Å². The lowest BCUT2D eigenvalue weighted by molar-refractivity contribution is -0.124. The van der Waals surface area contributed by atoms with Crippen molar-refractivity contribution in [1.29, 1.82) is 0 Å². The molecule has 3 N–H and O–H groups in total. The van der Waals surface area contributed by atoms with Crippen LogP contribution in [0.15, 0.2) is 24.3 Å². The summed E-state index contributed by atoms with van der Waals surface area (Å²) in [5.41, 5.74) is 0.200. The maximum Gasteiger partial charge on any atom is 0.408 e. The van der Waals surface area contributed by atoms with Crippen molar-refractivity contribution in [2.24, 2.45) is 0 Å². The number of carbonyl (C=O) groups is 2. The lowest BCUT2D eigenvalue weighted by Gasteiger charge is -2.24. The van der Waals surface area contributed by atoms with Crippen molar-refractivity contribution in [3.8, 4) is 5.75 Å². The molecule has 0 bridgehead atoms. The van der Waals surface area contributed by atoms with Gasteiger partial charge in [0, 0.05) is 6.61 Å². The van der Waals surface area contributed by atoms with E-state index >= 15 is 0 Å². The Morgan fingerprint density at radius 3 is 2.48 bits per heavy atom. The molecule has 2 unspecified atom stereocenters. The van der Waals surface area contributed by atoms with Gasteiger partial charge in [0.15, 0.2) is 0 Å². The summed E-state index contributed by atoms with van der Waals surface area (Å²) in [5.74, 6) is 0.299. The minimum Gasteiger partial charge on any atom is -0.497 e. The molecule has 7 heteroatoms. The number of benzene rings is 1. The number of ether oxygens (including phenoxy) is 2. The number of carbonyl (C=O) groups excluding carboxylic acids is 2. The summed E-state index contributed by atoms with van der Waals surface area (Å²) >= 11 is 0. The second kappa shape index (κ2) is 9.27. The Balaban J connectivity index is 2.73. The Hall–Kier alpha value is -2.28. The van der Waals surface area contributed by atoms with Crippen LogP contribution in [0.2, 0.25) is 0 Å². The molecule has 7 nitrogen and oxygen atoms in total. The highest BCUT2D eigenvalue weighted by Crippen LogP contribution is 2.19. The molecule has 0 aliphatic heterocycles. The Morgan fingerprint density at radius 1 is 1.24 bits per heavy atom. The molecule has 0 saturated heterocycles. The first-order chi connectivity index (χ1) is 11.7. The van der Waals surface area contributed by atoms with E-state index in [0.717, 1.165) is 5.56 Å². The number of rotatable bonds is 7. The molecule has 25 heavy (non-hydrogen) atoms. The van der Waals surface area contributed by atoms with Crippen molar-refractivity contribution in [3.05, 3.63) is 29.8 Å². The molecule has 0 aliphatic carbocycles. The smallest absolute Gasteiger partial charge is 0.408 e. The summed E-state index contributed by atoms with van der Waals surface area (Å²) in [5, 5.41) is 14.5. The predicted molar refractivity (Wildman–Crippen MR) is 94.4 cm³/mol. The van der Waals surface area contributed by atoms with Crippen molar-refractivity contribution in [2.45, 2.75) is 51.8 Å². The fraction of sp³-hybridized carbons (Fsp3) is 0.556. The molecule has 2 amide bonds. The van der Waals surface area contributed by atoms with Crippen molar-refractivity contribution in [1.82, 2.24) is 10.6 Å². The lowest BCUT2D eigenvalue weighted by Crippen LogP contribution is -2.49.